The van der Waals surface area contributed by atoms with Gasteiger partial charge in [-0.3, -0.25) is 10.4 Å². The zero-order valence-corrected chi connectivity index (χ0v) is 23.7. The van der Waals surface area contributed by atoms with Crippen molar-refractivity contribution in [2.24, 2.45) is 10.7 Å². The number of nitrogen functional groups attached to an aromatic ring is 1. The Bertz CT molecular complexity index is 1630. The Balaban J connectivity index is 1.50. The number of aromatic nitrogens is 1. The quantitative estimate of drug-likeness (QED) is 0.163. The van der Waals surface area contributed by atoms with Crippen LogP contribution in [0.25, 0.3) is 0 Å². The second-order valence-electron chi connectivity index (χ2n) is 10.3. The third-order valence-electron chi connectivity index (χ3n) is 7.33. The lowest BCUT2D eigenvalue weighted by molar-refractivity contribution is 0.273. The monoisotopic (exact) mass is 591 g/mol. The van der Waals surface area contributed by atoms with Gasteiger partial charge in [-0.05, 0) is 50.1 Å². The summed E-state index contributed by atoms with van der Waals surface area (Å²) in [5.41, 5.74) is 6.48. The van der Waals surface area contributed by atoms with E-state index in [4.69, 9.17) is 20.6 Å². The van der Waals surface area contributed by atoms with Gasteiger partial charge in [0.25, 0.3) is 11.8 Å². The highest BCUT2D eigenvalue weighted by atomic mass is 19.1. The molecule has 13 heteroatoms. The maximum Gasteiger partial charge on any atom is 0.261 e. The van der Waals surface area contributed by atoms with Gasteiger partial charge in [-0.1, -0.05) is 12.1 Å². The number of nitrogens with zero attached hydrogens (tertiary/aromatic N) is 4. The molecule has 43 heavy (non-hydrogen) atoms. The molecule has 3 aromatic rings. The summed E-state index contributed by atoms with van der Waals surface area (Å²) in [6, 6.07) is 10.4. The highest BCUT2D eigenvalue weighted by Crippen LogP contribution is 2.39. The number of phenols is 1. The molecule has 0 atom stereocenters. The molecule has 1 fully saturated rings. The topological polar surface area (TPSA) is 149 Å². The molecule has 224 valence electrons. The summed E-state index contributed by atoms with van der Waals surface area (Å²) < 4.78 is 43.3. The smallest absolute Gasteiger partial charge is 0.261 e. The fraction of sp³-hybridized carbons (Fsp3) is 0.300. The van der Waals surface area contributed by atoms with E-state index >= 15 is 8.78 Å². The standard InChI is InChI=1S/C30H31F2N7O4/c1-17(16-40)39-11-8-20(9-12-39)36-26-24(31)29(42-21-5-3-4-19(14-21)28-35-10-13-38(28)2)37-30(25(26)32)43-23-15-18(27(33)34)6-7-22(23)41/h3-7,14-15,20,41H,8-13H2,1-2H3,(H3,33,34)(H,36,37). The Kier molecular flexibility index (Phi) is 8.44. The van der Waals surface area contributed by atoms with Gasteiger partial charge in [-0.25, -0.2) is 4.79 Å². The highest BCUT2D eigenvalue weighted by Gasteiger charge is 2.28. The molecule has 11 nitrogen and oxygen atoms in total. The summed E-state index contributed by atoms with van der Waals surface area (Å²) in [5, 5.41) is 20.9. The van der Waals surface area contributed by atoms with Gasteiger partial charge in [0, 0.05) is 43.9 Å². The number of allylic oxidation sites excluding steroid dienone is 1. The fourth-order valence-corrected chi connectivity index (χ4v) is 4.91. The van der Waals surface area contributed by atoms with Gasteiger partial charge >= 0.3 is 0 Å². The second-order valence-corrected chi connectivity index (χ2v) is 10.3. The van der Waals surface area contributed by atoms with Gasteiger partial charge in [-0.15, -0.1) is 0 Å². The minimum atomic E-state index is -1.14. The van der Waals surface area contributed by atoms with E-state index in [0.717, 1.165) is 17.9 Å². The molecule has 0 spiro atoms. The largest absolute Gasteiger partial charge is 0.504 e. The Morgan fingerprint density at radius 2 is 1.84 bits per heavy atom. The van der Waals surface area contributed by atoms with Crippen molar-refractivity contribution in [1.82, 2.24) is 14.8 Å². The first-order valence-corrected chi connectivity index (χ1v) is 13.7. The number of piperidine rings is 1. The van der Waals surface area contributed by atoms with Crippen molar-refractivity contribution in [1.29, 1.82) is 5.41 Å². The van der Waals surface area contributed by atoms with E-state index in [1.807, 2.05) is 28.9 Å². The molecule has 1 aromatic heterocycles. The SMILES string of the molecule is CC(=C=O)N1CCC(Nc2c(F)c(Oc3cccc(C4=NCCN4C)c3)nc(Oc3cc(C(=N)N)ccc3O)c2F)CC1. The number of hydrogen-bond donors (Lipinski definition) is 4. The number of nitrogens with one attached hydrogen (secondary N) is 2. The molecular formula is C30H31F2N7O4. The van der Waals surface area contributed by atoms with Crippen LogP contribution in [-0.2, 0) is 4.79 Å². The number of hydrogen-bond acceptors (Lipinski definition) is 10. The number of nitrogens with two attached hydrogens (primary N) is 1. The normalized spacial score (nSPS) is 15.1. The van der Waals surface area contributed by atoms with E-state index < -0.39 is 29.1 Å². The minimum absolute atomic E-state index is 0.216. The molecule has 2 aromatic carbocycles. The first-order chi connectivity index (χ1) is 20.6. The molecule has 5 N–H and O–H groups in total. The molecular weight excluding hydrogens is 560 g/mol. The average Bonchev–Trinajstić information content (AvgIpc) is 3.44. The summed E-state index contributed by atoms with van der Waals surface area (Å²) in [6.45, 7) is 4.08. The molecule has 0 unspecified atom stereocenters. The number of carbonyl (C=O) groups excluding carboxylic acids is 1. The molecule has 0 bridgehead atoms. The Morgan fingerprint density at radius 1 is 1.12 bits per heavy atom. The molecule has 2 aliphatic heterocycles. The fourth-order valence-electron chi connectivity index (χ4n) is 4.91. The van der Waals surface area contributed by atoms with Crippen molar-refractivity contribution >= 4 is 23.3 Å². The molecule has 0 aliphatic carbocycles. The first-order valence-electron chi connectivity index (χ1n) is 13.7. The van der Waals surface area contributed by atoms with E-state index in [2.05, 4.69) is 15.3 Å². The van der Waals surface area contributed by atoms with Crippen molar-refractivity contribution in [3.8, 4) is 29.0 Å². The number of ether oxygens (including phenoxy) is 2. The van der Waals surface area contributed by atoms with Gasteiger partial charge in [0.1, 0.15) is 29.0 Å². The third-order valence-corrected chi connectivity index (χ3v) is 7.33. The van der Waals surface area contributed by atoms with Crippen molar-refractivity contribution in [3.05, 3.63) is 70.9 Å². The lowest BCUT2D eigenvalue weighted by Crippen LogP contribution is -2.38. The summed E-state index contributed by atoms with van der Waals surface area (Å²) in [6.07, 6.45) is 0.984. The second kappa shape index (κ2) is 12.4. The number of likely N-dealkylation sites (tertiary alicyclic amines) is 1. The number of benzene rings is 2. The summed E-state index contributed by atoms with van der Waals surface area (Å²) in [4.78, 5) is 23.4. The maximum absolute atomic E-state index is 15.9. The Morgan fingerprint density at radius 3 is 2.49 bits per heavy atom. The van der Waals surface area contributed by atoms with E-state index in [1.54, 1.807) is 25.1 Å². The van der Waals surface area contributed by atoms with Crippen molar-refractivity contribution in [2.45, 2.75) is 25.8 Å². The van der Waals surface area contributed by atoms with Crippen LogP contribution < -0.4 is 20.5 Å². The zero-order valence-electron chi connectivity index (χ0n) is 23.7. The van der Waals surface area contributed by atoms with Crippen LogP contribution in [0.5, 0.6) is 29.0 Å². The molecule has 0 radical (unpaired) electrons. The van der Waals surface area contributed by atoms with Crippen LogP contribution in [0.4, 0.5) is 14.5 Å². The van der Waals surface area contributed by atoms with Gasteiger partial charge in [0.05, 0.1) is 12.2 Å². The van der Waals surface area contributed by atoms with E-state index in [-0.39, 0.29) is 34.7 Å². The van der Waals surface area contributed by atoms with Gasteiger partial charge in [0.15, 0.2) is 11.5 Å². The van der Waals surface area contributed by atoms with E-state index in [1.165, 1.54) is 18.2 Å². The number of aliphatic imine (C=N–C) groups is 1. The maximum atomic E-state index is 15.9. The van der Waals surface area contributed by atoms with Crippen LogP contribution in [0, 0.1) is 17.0 Å². The Hall–Kier alpha value is -5.16. The van der Waals surface area contributed by atoms with Crippen LogP contribution in [0.3, 0.4) is 0 Å². The van der Waals surface area contributed by atoms with Gasteiger partial charge in [-0.2, -0.15) is 13.8 Å². The predicted octanol–water partition coefficient (Wildman–Crippen LogP) is 4.24. The number of rotatable bonds is 9. The van der Waals surface area contributed by atoms with Crippen LogP contribution in [0.15, 0.2) is 53.2 Å². The van der Waals surface area contributed by atoms with Crippen LogP contribution in [0.1, 0.15) is 30.9 Å². The number of likely N-dealkylation sites (N-methyl/N-ethyl adjacent to an activating group) is 1. The van der Waals surface area contributed by atoms with E-state index in [9.17, 15) is 9.90 Å². The molecule has 1 saturated heterocycles. The van der Waals surface area contributed by atoms with Crippen molar-refractivity contribution < 1.29 is 28.2 Å². The summed E-state index contributed by atoms with van der Waals surface area (Å²) >= 11 is 0. The summed E-state index contributed by atoms with van der Waals surface area (Å²) in [7, 11) is 1.92. The average molecular weight is 592 g/mol. The van der Waals surface area contributed by atoms with Crippen LogP contribution >= 0.6 is 0 Å². The minimum Gasteiger partial charge on any atom is -0.504 e. The summed E-state index contributed by atoms with van der Waals surface area (Å²) in [5.74, 6) is -1.46. The highest BCUT2D eigenvalue weighted by molar-refractivity contribution is 6.00. The van der Waals surface area contributed by atoms with Crippen LogP contribution in [0.2, 0.25) is 0 Å². The third kappa shape index (κ3) is 6.36. The van der Waals surface area contributed by atoms with Crippen molar-refractivity contribution in [2.75, 3.05) is 38.5 Å². The zero-order chi connectivity index (χ0) is 30.7. The molecule has 0 saturated carbocycles. The Labute approximate surface area is 246 Å². The number of phenolic OH excluding ortho intramolecular Hbond substituents is 1. The molecule has 3 heterocycles. The molecule has 2 aliphatic rings. The lowest BCUT2D eigenvalue weighted by Gasteiger charge is -2.33. The van der Waals surface area contributed by atoms with Gasteiger partial charge < -0.3 is 35.4 Å². The number of halogens is 2. The molecule has 0 amide bonds. The van der Waals surface area contributed by atoms with E-state index in [0.29, 0.717) is 38.2 Å². The number of anilines is 1. The molecule has 5 rings (SSSR count). The number of pyridine rings is 1. The predicted molar refractivity (Wildman–Crippen MR) is 157 cm³/mol. The number of aromatic hydroxyl groups is 1. The lowest BCUT2D eigenvalue weighted by atomic mass is 10.0. The van der Waals surface area contributed by atoms with Gasteiger partial charge in [0.2, 0.25) is 11.6 Å². The number of amidine groups is 2. The first kappa shape index (κ1) is 29.3. The van der Waals surface area contributed by atoms with Crippen LogP contribution in [-0.4, -0.2) is 76.8 Å². The van der Waals surface area contributed by atoms with Crippen molar-refractivity contribution in [3.63, 3.8) is 0 Å².